The monoisotopic (exact) mass is 237 g/mol. The van der Waals surface area contributed by atoms with E-state index in [2.05, 4.69) is 0 Å². The van der Waals surface area contributed by atoms with Crippen LogP contribution in [0.5, 0.6) is 0 Å². The second-order valence-electron chi connectivity index (χ2n) is 3.41. The summed E-state index contributed by atoms with van der Waals surface area (Å²) in [6.45, 7) is 0.311. The lowest BCUT2D eigenvalue weighted by Gasteiger charge is -2.08. The van der Waals surface area contributed by atoms with Gasteiger partial charge in [0.2, 0.25) is 0 Å². The van der Waals surface area contributed by atoms with Gasteiger partial charge in [0.05, 0.1) is 6.54 Å². The first kappa shape index (κ1) is 10.9. The molecular weight excluding hydrogens is 229 g/mol. The highest BCUT2D eigenvalue weighted by atomic mass is 35.5. The maximum Gasteiger partial charge on any atom is 0.181 e. The Hall–Kier alpha value is -1.61. The van der Waals surface area contributed by atoms with Crippen LogP contribution in [0.2, 0.25) is 5.02 Å². The Labute approximate surface area is 96.9 Å². The minimum Gasteiger partial charge on any atom is -0.349 e. The quantitative estimate of drug-likeness (QED) is 0.787. The van der Waals surface area contributed by atoms with E-state index in [0.29, 0.717) is 17.1 Å². The fourth-order valence-electron chi connectivity index (χ4n) is 1.42. The van der Waals surface area contributed by atoms with Crippen molar-refractivity contribution in [3.63, 3.8) is 0 Å². The fourth-order valence-corrected chi connectivity index (χ4v) is 1.64. The van der Waals surface area contributed by atoms with Crippen molar-refractivity contribution in [1.82, 2.24) is 4.57 Å². The average Bonchev–Trinajstić information content (AvgIpc) is 2.26. The van der Waals surface area contributed by atoms with Crippen molar-refractivity contribution < 1.29 is 4.39 Å². The van der Waals surface area contributed by atoms with Gasteiger partial charge in [0.25, 0.3) is 0 Å². The van der Waals surface area contributed by atoms with Gasteiger partial charge in [0.1, 0.15) is 5.82 Å². The van der Waals surface area contributed by atoms with Crippen molar-refractivity contribution in [2.24, 2.45) is 0 Å². The first-order valence-corrected chi connectivity index (χ1v) is 5.13. The number of rotatable bonds is 2. The van der Waals surface area contributed by atoms with E-state index in [4.69, 9.17) is 11.6 Å². The summed E-state index contributed by atoms with van der Waals surface area (Å²) in [6, 6.07) is 7.42. The van der Waals surface area contributed by atoms with Crippen LogP contribution in [-0.4, -0.2) is 4.57 Å². The fraction of sp³-hybridized carbons (Fsp3) is 0.0833. The molecule has 0 aliphatic heterocycles. The van der Waals surface area contributed by atoms with Crippen LogP contribution >= 0.6 is 11.6 Å². The first-order valence-electron chi connectivity index (χ1n) is 4.76. The van der Waals surface area contributed by atoms with E-state index < -0.39 is 0 Å². The zero-order valence-corrected chi connectivity index (χ0v) is 9.12. The molecular formula is C12H9ClFNO. The van der Waals surface area contributed by atoms with Gasteiger partial charge in [-0.3, -0.25) is 4.79 Å². The first-order chi connectivity index (χ1) is 7.66. The second-order valence-corrected chi connectivity index (χ2v) is 3.81. The van der Waals surface area contributed by atoms with E-state index in [9.17, 15) is 9.18 Å². The van der Waals surface area contributed by atoms with Crippen molar-refractivity contribution in [1.29, 1.82) is 0 Å². The molecule has 0 radical (unpaired) electrons. The van der Waals surface area contributed by atoms with Crippen LogP contribution in [0.1, 0.15) is 5.56 Å². The Kier molecular flexibility index (Phi) is 3.06. The van der Waals surface area contributed by atoms with E-state index in [0.717, 1.165) is 0 Å². The van der Waals surface area contributed by atoms with Crippen molar-refractivity contribution in [3.8, 4) is 0 Å². The van der Waals surface area contributed by atoms with E-state index >= 15 is 0 Å². The predicted molar refractivity (Wildman–Crippen MR) is 61.2 cm³/mol. The van der Waals surface area contributed by atoms with Crippen LogP contribution in [0.3, 0.4) is 0 Å². The van der Waals surface area contributed by atoms with Crippen molar-refractivity contribution in [2.45, 2.75) is 6.54 Å². The summed E-state index contributed by atoms with van der Waals surface area (Å²) in [6.07, 6.45) is 3.20. The molecule has 2 nitrogen and oxygen atoms in total. The van der Waals surface area contributed by atoms with Gasteiger partial charge in [-0.25, -0.2) is 4.39 Å². The Morgan fingerprint density at radius 3 is 2.50 bits per heavy atom. The van der Waals surface area contributed by atoms with Gasteiger partial charge in [0, 0.05) is 35.1 Å². The van der Waals surface area contributed by atoms with Gasteiger partial charge in [-0.2, -0.15) is 0 Å². The maximum absolute atomic E-state index is 13.5. The summed E-state index contributed by atoms with van der Waals surface area (Å²) in [5, 5.41) is 0.388. The number of aromatic nitrogens is 1. The highest BCUT2D eigenvalue weighted by Gasteiger charge is 2.06. The van der Waals surface area contributed by atoms with Gasteiger partial charge in [-0.1, -0.05) is 17.7 Å². The highest BCUT2D eigenvalue weighted by molar-refractivity contribution is 6.31. The third-order valence-corrected chi connectivity index (χ3v) is 2.62. The predicted octanol–water partition coefficient (Wildman–Crippen LogP) is 2.69. The van der Waals surface area contributed by atoms with E-state index in [1.165, 1.54) is 18.2 Å². The zero-order chi connectivity index (χ0) is 11.5. The highest BCUT2D eigenvalue weighted by Crippen LogP contribution is 2.19. The van der Waals surface area contributed by atoms with E-state index in [1.807, 2.05) is 0 Å². The summed E-state index contributed by atoms with van der Waals surface area (Å²) in [4.78, 5) is 10.9. The number of hydrogen-bond donors (Lipinski definition) is 0. The summed E-state index contributed by atoms with van der Waals surface area (Å²) < 4.78 is 15.2. The number of pyridine rings is 1. The smallest absolute Gasteiger partial charge is 0.181 e. The second kappa shape index (κ2) is 4.49. The van der Waals surface area contributed by atoms with Crippen LogP contribution in [0.4, 0.5) is 4.39 Å². The Morgan fingerprint density at radius 1 is 1.19 bits per heavy atom. The largest absolute Gasteiger partial charge is 0.349 e. The van der Waals surface area contributed by atoms with Crippen LogP contribution < -0.4 is 5.43 Å². The standard InChI is InChI=1S/C12H9ClFNO/c13-11-2-1-3-12(14)10(11)8-15-6-4-9(16)5-7-15/h1-7H,8H2. The summed E-state index contributed by atoms with van der Waals surface area (Å²) in [5.41, 5.74) is 0.351. The molecule has 0 spiro atoms. The molecule has 0 aliphatic rings. The molecule has 4 heteroatoms. The molecule has 0 bridgehead atoms. The molecule has 0 fully saturated rings. The molecule has 0 aliphatic carbocycles. The molecule has 82 valence electrons. The minimum absolute atomic E-state index is 0.0733. The normalized spacial score (nSPS) is 10.4. The van der Waals surface area contributed by atoms with Gasteiger partial charge < -0.3 is 4.57 Å². The van der Waals surface area contributed by atoms with Gasteiger partial charge in [-0.05, 0) is 12.1 Å². The minimum atomic E-state index is -0.341. The molecule has 0 atom stereocenters. The SMILES string of the molecule is O=c1ccn(Cc2c(F)cccc2Cl)cc1. The topological polar surface area (TPSA) is 22.0 Å². The molecule has 1 heterocycles. The van der Waals surface area contributed by atoms with Crippen LogP contribution in [0.15, 0.2) is 47.5 Å². The Balaban J connectivity index is 2.34. The number of benzene rings is 1. The van der Waals surface area contributed by atoms with Crippen LogP contribution in [0, 0.1) is 5.82 Å². The zero-order valence-electron chi connectivity index (χ0n) is 8.36. The van der Waals surface area contributed by atoms with Gasteiger partial charge >= 0.3 is 0 Å². The molecule has 0 unspecified atom stereocenters. The molecule has 2 rings (SSSR count). The van der Waals surface area contributed by atoms with Gasteiger partial charge in [-0.15, -0.1) is 0 Å². The molecule has 2 aromatic rings. The Morgan fingerprint density at radius 2 is 1.88 bits per heavy atom. The van der Waals surface area contributed by atoms with Crippen LogP contribution in [-0.2, 0) is 6.54 Å². The lowest BCUT2D eigenvalue weighted by Crippen LogP contribution is -2.06. The molecule has 0 amide bonds. The summed E-state index contributed by atoms with van der Waals surface area (Å²) >= 11 is 5.90. The maximum atomic E-state index is 13.5. The average molecular weight is 238 g/mol. The molecule has 16 heavy (non-hydrogen) atoms. The molecule has 0 N–H and O–H groups in total. The lowest BCUT2D eigenvalue weighted by molar-refractivity contribution is 0.599. The third kappa shape index (κ3) is 2.31. The summed E-state index contributed by atoms with van der Waals surface area (Å²) in [5.74, 6) is -0.341. The summed E-state index contributed by atoms with van der Waals surface area (Å²) in [7, 11) is 0. The van der Waals surface area contributed by atoms with E-state index in [-0.39, 0.29) is 11.2 Å². The lowest BCUT2D eigenvalue weighted by atomic mass is 10.2. The van der Waals surface area contributed by atoms with E-state index in [1.54, 1.807) is 29.1 Å². The van der Waals surface area contributed by atoms with Gasteiger partial charge in [0.15, 0.2) is 5.43 Å². The van der Waals surface area contributed by atoms with Crippen molar-refractivity contribution >= 4 is 11.6 Å². The third-order valence-electron chi connectivity index (χ3n) is 2.26. The van der Waals surface area contributed by atoms with Crippen LogP contribution in [0.25, 0.3) is 0 Å². The number of hydrogen-bond acceptors (Lipinski definition) is 1. The molecule has 1 aromatic carbocycles. The Bertz CT molecular complexity index is 524. The molecule has 0 saturated carbocycles. The molecule has 0 saturated heterocycles. The van der Waals surface area contributed by atoms with Crippen molar-refractivity contribution in [3.05, 3.63) is 69.4 Å². The number of halogens is 2. The molecule has 1 aromatic heterocycles. The van der Waals surface area contributed by atoms with Crippen molar-refractivity contribution in [2.75, 3.05) is 0 Å². The number of nitrogens with zero attached hydrogens (tertiary/aromatic N) is 1.